The number of hydrogen-bond donors (Lipinski definition) is 1. The summed E-state index contributed by atoms with van der Waals surface area (Å²) in [7, 11) is 1.69. The summed E-state index contributed by atoms with van der Waals surface area (Å²) in [5.74, 6) is 0.00658. The van der Waals surface area contributed by atoms with Crippen molar-refractivity contribution in [2.75, 3.05) is 7.05 Å². The number of amides is 1. The van der Waals surface area contributed by atoms with E-state index in [9.17, 15) is 4.79 Å². The Bertz CT molecular complexity index is 664. The van der Waals surface area contributed by atoms with Gasteiger partial charge in [0.15, 0.2) is 0 Å². The topological polar surface area (TPSA) is 29.1 Å². The van der Waals surface area contributed by atoms with Crippen LogP contribution >= 0.6 is 0 Å². The molecule has 3 rings (SSSR count). The van der Waals surface area contributed by atoms with E-state index >= 15 is 0 Å². The number of rotatable bonds is 2. The Kier molecular flexibility index (Phi) is 3.61. The number of carbonyl (C=O) groups excluding carboxylic acids is 1. The van der Waals surface area contributed by atoms with Crippen LogP contribution in [-0.2, 0) is 10.2 Å². The van der Waals surface area contributed by atoms with Gasteiger partial charge in [0, 0.05) is 18.0 Å². The summed E-state index contributed by atoms with van der Waals surface area (Å²) in [4.78, 5) is 12.4. The molecule has 106 valence electrons. The second kappa shape index (κ2) is 5.57. The molecule has 2 aliphatic carbocycles. The summed E-state index contributed by atoms with van der Waals surface area (Å²) >= 11 is 0. The Morgan fingerprint density at radius 1 is 1.14 bits per heavy atom. The van der Waals surface area contributed by atoms with Crippen LogP contribution in [0.5, 0.6) is 0 Å². The number of benzene rings is 1. The van der Waals surface area contributed by atoms with Gasteiger partial charge in [-0.2, -0.15) is 0 Å². The van der Waals surface area contributed by atoms with E-state index in [0.29, 0.717) is 0 Å². The lowest BCUT2D eigenvalue weighted by atomic mass is 9.65. The standard InChI is InChI=1S/C19H19NO/c1-20-18(21)17-12-11-15-8-4-3-7-13-19(17,14-15)16-9-5-2-6-10-16/h2-10,12-13H,11,14H2,1H3,(H,20,21)/b4-3-,13-7-,15-8-. The van der Waals surface area contributed by atoms with Crippen LogP contribution in [0.2, 0.25) is 0 Å². The molecule has 0 aliphatic heterocycles. The Hall–Kier alpha value is -2.35. The number of nitrogens with one attached hydrogen (secondary N) is 1. The highest BCUT2D eigenvalue weighted by molar-refractivity contribution is 5.97. The molecule has 1 amide bonds. The van der Waals surface area contributed by atoms with Crippen LogP contribution in [0.4, 0.5) is 0 Å². The number of hydrogen-bond acceptors (Lipinski definition) is 1. The average Bonchev–Trinajstić information content (AvgIpc) is 2.53. The normalized spacial score (nSPS) is 29.2. The van der Waals surface area contributed by atoms with Crippen molar-refractivity contribution in [1.29, 1.82) is 0 Å². The predicted octanol–water partition coefficient (Wildman–Crippen LogP) is 3.44. The molecule has 0 spiro atoms. The molecule has 1 N–H and O–H groups in total. The van der Waals surface area contributed by atoms with E-state index in [4.69, 9.17) is 0 Å². The highest BCUT2D eigenvalue weighted by Gasteiger charge is 2.39. The van der Waals surface area contributed by atoms with Crippen molar-refractivity contribution < 1.29 is 4.79 Å². The zero-order valence-corrected chi connectivity index (χ0v) is 12.2. The first-order chi connectivity index (χ1) is 10.3. The van der Waals surface area contributed by atoms with E-state index in [2.05, 4.69) is 41.8 Å². The molecule has 1 unspecified atom stereocenters. The zero-order valence-electron chi connectivity index (χ0n) is 12.2. The maximum atomic E-state index is 12.4. The van der Waals surface area contributed by atoms with E-state index in [1.165, 1.54) is 5.57 Å². The molecule has 2 bridgehead atoms. The van der Waals surface area contributed by atoms with E-state index in [1.807, 2.05) is 30.4 Å². The van der Waals surface area contributed by atoms with Gasteiger partial charge in [-0.25, -0.2) is 0 Å². The third kappa shape index (κ3) is 2.38. The van der Waals surface area contributed by atoms with Gasteiger partial charge in [0.05, 0.1) is 0 Å². The second-order valence-corrected chi connectivity index (χ2v) is 5.48. The second-order valence-electron chi connectivity index (χ2n) is 5.48. The molecule has 21 heavy (non-hydrogen) atoms. The molecule has 2 heteroatoms. The number of carbonyl (C=O) groups is 1. The predicted molar refractivity (Wildman–Crippen MR) is 85.9 cm³/mol. The summed E-state index contributed by atoms with van der Waals surface area (Å²) in [5, 5.41) is 2.79. The van der Waals surface area contributed by atoms with Gasteiger partial charge in [0.1, 0.15) is 0 Å². The van der Waals surface area contributed by atoms with Gasteiger partial charge >= 0.3 is 0 Å². The quantitative estimate of drug-likeness (QED) is 0.881. The van der Waals surface area contributed by atoms with Crippen LogP contribution in [0.3, 0.4) is 0 Å². The van der Waals surface area contributed by atoms with Gasteiger partial charge in [-0.3, -0.25) is 4.79 Å². The molecule has 0 heterocycles. The monoisotopic (exact) mass is 277 g/mol. The van der Waals surface area contributed by atoms with Gasteiger partial charge in [-0.1, -0.05) is 72.4 Å². The summed E-state index contributed by atoms with van der Waals surface area (Å²) in [6.07, 6.45) is 14.2. The van der Waals surface area contributed by atoms with Crippen molar-refractivity contribution in [3.8, 4) is 0 Å². The lowest BCUT2D eigenvalue weighted by Crippen LogP contribution is -2.38. The average molecular weight is 277 g/mol. The first kappa shape index (κ1) is 13.6. The lowest BCUT2D eigenvalue weighted by molar-refractivity contribution is -0.117. The van der Waals surface area contributed by atoms with Crippen molar-refractivity contribution in [3.05, 3.63) is 83.5 Å². The first-order valence-electron chi connectivity index (χ1n) is 7.28. The molecular formula is C19H19NO. The van der Waals surface area contributed by atoms with Crippen molar-refractivity contribution in [1.82, 2.24) is 5.32 Å². The van der Waals surface area contributed by atoms with Gasteiger partial charge in [0.2, 0.25) is 5.91 Å². The summed E-state index contributed by atoms with van der Waals surface area (Å²) in [5.41, 5.74) is 3.00. The Balaban J connectivity index is 2.22. The Morgan fingerprint density at radius 2 is 1.95 bits per heavy atom. The lowest BCUT2D eigenvalue weighted by Gasteiger charge is -2.37. The number of fused-ring (bicyclic) bond motifs is 2. The van der Waals surface area contributed by atoms with Crippen LogP contribution < -0.4 is 5.32 Å². The van der Waals surface area contributed by atoms with Crippen molar-refractivity contribution >= 4 is 5.91 Å². The largest absolute Gasteiger partial charge is 0.355 e. The van der Waals surface area contributed by atoms with Crippen LogP contribution in [0.25, 0.3) is 0 Å². The summed E-state index contributed by atoms with van der Waals surface area (Å²) in [6.45, 7) is 0. The zero-order chi connectivity index (χ0) is 14.7. The van der Waals surface area contributed by atoms with E-state index < -0.39 is 0 Å². The maximum Gasteiger partial charge on any atom is 0.247 e. The molecule has 2 nitrogen and oxygen atoms in total. The molecular weight excluding hydrogens is 258 g/mol. The van der Waals surface area contributed by atoms with E-state index in [1.54, 1.807) is 7.05 Å². The van der Waals surface area contributed by atoms with Crippen LogP contribution in [0, 0.1) is 0 Å². The van der Waals surface area contributed by atoms with Crippen molar-refractivity contribution in [2.45, 2.75) is 18.3 Å². The molecule has 0 aromatic heterocycles. The minimum absolute atomic E-state index is 0.00658. The first-order valence-corrected chi connectivity index (χ1v) is 7.28. The SMILES string of the molecule is CNC(=O)C1=CC/C2=C/C=C\C=C/C1(c1ccccc1)C2. The van der Waals surface area contributed by atoms with Crippen LogP contribution in [0.1, 0.15) is 18.4 Å². The van der Waals surface area contributed by atoms with Crippen molar-refractivity contribution in [2.24, 2.45) is 0 Å². The van der Waals surface area contributed by atoms with E-state index in [0.717, 1.165) is 24.0 Å². The molecule has 0 saturated carbocycles. The fourth-order valence-electron chi connectivity index (χ4n) is 3.21. The summed E-state index contributed by atoms with van der Waals surface area (Å²) < 4.78 is 0. The molecule has 1 aromatic rings. The molecule has 0 saturated heterocycles. The van der Waals surface area contributed by atoms with Crippen LogP contribution in [0.15, 0.2) is 77.9 Å². The molecule has 1 aromatic carbocycles. The van der Waals surface area contributed by atoms with Crippen LogP contribution in [-0.4, -0.2) is 13.0 Å². The third-order valence-electron chi connectivity index (χ3n) is 4.25. The highest BCUT2D eigenvalue weighted by Crippen LogP contribution is 2.44. The number of likely N-dealkylation sites (N-methyl/N-ethyl adjacent to an activating group) is 1. The van der Waals surface area contributed by atoms with Gasteiger partial charge < -0.3 is 5.32 Å². The Labute approximate surface area is 125 Å². The fraction of sp³-hybridized carbons (Fsp3) is 0.211. The molecule has 2 aliphatic rings. The fourth-order valence-corrected chi connectivity index (χ4v) is 3.21. The van der Waals surface area contributed by atoms with Gasteiger partial charge in [0.25, 0.3) is 0 Å². The summed E-state index contributed by atoms with van der Waals surface area (Å²) in [6, 6.07) is 10.3. The smallest absolute Gasteiger partial charge is 0.247 e. The van der Waals surface area contributed by atoms with Crippen molar-refractivity contribution in [3.63, 3.8) is 0 Å². The molecule has 1 atom stereocenters. The molecule has 0 radical (unpaired) electrons. The maximum absolute atomic E-state index is 12.4. The molecule has 0 fully saturated rings. The Morgan fingerprint density at radius 3 is 2.71 bits per heavy atom. The third-order valence-corrected chi connectivity index (χ3v) is 4.25. The van der Waals surface area contributed by atoms with Gasteiger partial charge in [-0.15, -0.1) is 0 Å². The minimum atomic E-state index is -0.365. The highest BCUT2D eigenvalue weighted by atomic mass is 16.1. The minimum Gasteiger partial charge on any atom is -0.355 e. The van der Waals surface area contributed by atoms with E-state index in [-0.39, 0.29) is 11.3 Å². The van der Waals surface area contributed by atoms with Gasteiger partial charge in [-0.05, 0) is 18.4 Å². The number of allylic oxidation sites excluding steroid dienone is 7.